The van der Waals surface area contributed by atoms with Gasteiger partial charge in [-0.1, -0.05) is 0 Å². The highest BCUT2D eigenvalue weighted by Gasteiger charge is 2.37. The van der Waals surface area contributed by atoms with Gasteiger partial charge in [0.1, 0.15) is 0 Å². The van der Waals surface area contributed by atoms with Gasteiger partial charge in [0.25, 0.3) is 0 Å². The first-order valence-corrected chi connectivity index (χ1v) is 11.2. The second-order valence-corrected chi connectivity index (χ2v) is 9.16. The molecule has 1 atom stereocenters. The molecule has 3 heterocycles. The molecule has 2 saturated heterocycles. The van der Waals surface area contributed by atoms with Gasteiger partial charge in [-0.3, -0.25) is 19.5 Å². The maximum Gasteiger partial charge on any atom is 0.227 e. The molecule has 3 aliphatic rings. The third kappa shape index (κ3) is 4.97. The second-order valence-electron chi connectivity index (χ2n) is 9.16. The van der Waals surface area contributed by atoms with E-state index in [-0.39, 0.29) is 11.8 Å². The molecule has 1 saturated carbocycles. The summed E-state index contributed by atoms with van der Waals surface area (Å²) in [5, 5.41) is 0. The molecule has 0 aromatic carbocycles. The number of aromatic nitrogens is 1. The zero-order valence-electron chi connectivity index (χ0n) is 17.8. The van der Waals surface area contributed by atoms with Crippen LogP contribution < -0.4 is 0 Å². The van der Waals surface area contributed by atoms with Gasteiger partial charge in [-0.05, 0) is 69.7 Å². The van der Waals surface area contributed by atoms with E-state index in [2.05, 4.69) is 14.8 Å². The molecular weight excluding hydrogens is 364 g/mol. The van der Waals surface area contributed by atoms with Crippen LogP contribution in [0.2, 0.25) is 0 Å². The Labute approximate surface area is 174 Å². The maximum absolute atomic E-state index is 13.1. The predicted octanol–water partition coefficient (Wildman–Crippen LogP) is 2.46. The molecular formula is C23H34N4O2. The van der Waals surface area contributed by atoms with E-state index in [1.807, 2.05) is 37.2 Å². The normalized spacial score (nSPS) is 23.8. The molecule has 6 heteroatoms. The third-order valence-electron chi connectivity index (χ3n) is 6.78. The van der Waals surface area contributed by atoms with Crippen LogP contribution in [-0.2, 0) is 16.1 Å². The number of carbonyl (C=O) groups is 2. The Hall–Kier alpha value is -1.95. The number of hydrogen-bond acceptors (Lipinski definition) is 4. The molecule has 1 aromatic heterocycles. The van der Waals surface area contributed by atoms with Crippen LogP contribution >= 0.6 is 0 Å². The predicted molar refractivity (Wildman–Crippen MR) is 112 cm³/mol. The lowest BCUT2D eigenvalue weighted by molar-refractivity contribution is -0.137. The van der Waals surface area contributed by atoms with Gasteiger partial charge >= 0.3 is 0 Å². The van der Waals surface area contributed by atoms with Gasteiger partial charge in [-0.25, -0.2) is 0 Å². The molecule has 0 radical (unpaired) electrons. The van der Waals surface area contributed by atoms with Crippen LogP contribution in [0.5, 0.6) is 0 Å². The van der Waals surface area contributed by atoms with Crippen molar-refractivity contribution in [3.05, 3.63) is 29.6 Å². The van der Waals surface area contributed by atoms with E-state index < -0.39 is 0 Å². The van der Waals surface area contributed by atoms with Gasteiger partial charge < -0.3 is 9.80 Å². The summed E-state index contributed by atoms with van der Waals surface area (Å²) < 4.78 is 0. The van der Waals surface area contributed by atoms with Crippen LogP contribution in [-0.4, -0.2) is 70.8 Å². The van der Waals surface area contributed by atoms with E-state index >= 15 is 0 Å². The summed E-state index contributed by atoms with van der Waals surface area (Å²) in [4.78, 5) is 36.1. The molecule has 6 nitrogen and oxygen atoms in total. The van der Waals surface area contributed by atoms with Gasteiger partial charge in [0.05, 0.1) is 5.92 Å². The number of pyridine rings is 1. The highest BCUT2D eigenvalue weighted by atomic mass is 16.2. The van der Waals surface area contributed by atoms with E-state index in [9.17, 15) is 9.59 Å². The number of aryl methyl sites for hydroxylation is 1. The average Bonchev–Trinajstić information content (AvgIpc) is 3.58. The van der Waals surface area contributed by atoms with Crippen LogP contribution in [0.15, 0.2) is 18.3 Å². The average molecular weight is 399 g/mol. The van der Waals surface area contributed by atoms with E-state index in [1.54, 1.807) is 0 Å². The topological polar surface area (TPSA) is 56.8 Å². The van der Waals surface area contributed by atoms with Crippen LogP contribution in [0.3, 0.4) is 0 Å². The van der Waals surface area contributed by atoms with Crippen molar-refractivity contribution < 1.29 is 9.59 Å². The van der Waals surface area contributed by atoms with Crippen molar-refractivity contribution in [2.75, 3.05) is 33.2 Å². The summed E-state index contributed by atoms with van der Waals surface area (Å²) in [5.41, 5.74) is 2.12. The summed E-state index contributed by atoms with van der Waals surface area (Å²) >= 11 is 0. The van der Waals surface area contributed by atoms with Crippen LogP contribution in [0.1, 0.15) is 49.8 Å². The van der Waals surface area contributed by atoms with E-state index in [4.69, 9.17) is 0 Å². The molecule has 158 valence electrons. The minimum atomic E-state index is 0.0859. The lowest BCUT2D eigenvalue weighted by atomic mass is 9.92. The Morgan fingerprint density at radius 3 is 2.55 bits per heavy atom. The zero-order valence-corrected chi connectivity index (χ0v) is 17.8. The number of carbonyl (C=O) groups excluding carboxylic acids is 2. The molecule has 2 aliphatic heterocycles. The van der Waals surface area contributed by atoms with Gasteiger partial charge in [0.2, 0.25) is 11.8 Å². The number of rotatable bonds is 5. The Kier molecular flexibility index (Phi) is 6.18. The van der Waals surface area contributed by atoms with Crippen molar-refractivity contribution in [3.8, 4) is 0 Å². The molecule has 0 unspecified atom stereocenters. The fourth-order valence-corrected chi connectivity index (χ4v) is 4.95. The number of amides is 2. The standard InChI is InChI=1S/C23H34N4O2/c1-17-14-18(7-10-24-17)15-25(2)22(28)20-4-3-11-27(16-20)21-8-12-26(13-9-21)23(29)19-5-6-19/h7,10,14,19-21H,3-6,8-9,11-13,15-16H2,1-2H3/t20-/m1/s1. The molecule has 1 aliphatic carbocycles. The second kappa shape index (κ2) is 8.82. The summed E-state index contributed by atoms with van der Waals surface area (Å²) in [6, 6.07) is 4.55. The molecule has 0 spiro atoms. The highest BCUT2D eigenvalue weighted by molar-refractivity contribution is 5.81. The molecule has 0 bridgehead atoms. The first-order valence-electron chi connectivity index (χ1n) is 11.2. The van der Waals surface area contributed by atoms with Gasteiger partial charge in [0, 0.05) is 57.1 Å². The first kappa shape index (κ1) is 20.3. The molecule has 1 aromatic rings. The summed E-state index contributed by atoms with van der Waals surface area (Å²) in [5.74, 6) is 1.04. The third-order valence-corrected chi connectivity index (χ3v) is 6.78. The fourth-order valence-electron chi connectivity index (χ4n) is 4.95. The minimum Gasteiger partial charge on any atom is -0.342 e. The molecule has 2 amide bonds. The SMILES string of the molecule is Cc1cc(CN(C)C(=O)[C@@H]2CCCN(C3CCN(C(=O)C4CC4)CC3)C2)ccn1. The lowest BCUT2D eigenvalue weighted by Crippen LogP contribution is -2.51. The van der Waals surface area contributed by atoms with Gasteiger partial charge in [0.15, 0.2) is 0 Å². The van der Waals surface area contributed by atoms with Gasteiger partial charge in [-0.15, -0.1) is 0 Å². The smallest absolute Gasteiger partial charge is 0.227 e. The van der Waals surface area contributed by atoms with Crippen molar-refractivity contribution in [2.45, 2.75) is 58.0 Å². The van der Waals surface area contributed by atoms with Crippen molar-refractivity contribution >= 4 is 11.8 Å². The Balaban J connectivity index is 1.28. The monoisotopic (exact) mass is 398 g/mol. The van der Waals surface area contributed by atoms with Gasteiger partial charge in [-0.2, -0.15) is 0 Å². The van der Waals surface area contributed by atoms with Crippen LogP contribution in [0.4, 0.5) is 0 Å². The Morgan fingerprint density at radius 2 is 1.86 bits per heavy atom. The highest BCUT2D eigenvalue weighted by Crippen LogP contribution is 2.33. The summed E-state index contributed by atoms with van der Waals surface area (Å²) in [7, 11) is 1.92. The van der Waals surface area contributed by atoms with Crippen molar-refractivity contribution in [1.29, 1.82) is 0 Å². The Morgan fingerprint density at radius 1 is 1.10 bits per heavy atom. The number of nitrogens with zero attached hydrogens (tertiary/aromatic N) is 4. The maximum atomic E-state index is 13.1. The summed E-state index contributed by atoms with van der Waals surface area (Å²) in [6.07, 6.45) is 8.14. The van der Waals surface area contributed by atoms with E-state index in [0.29, 0.717) is 24.4 Å². The first-order chi connectivity index (χ1) is 14.0. The molecule has 3 fully saturated rings. The fraction of sp³-hybridized carbons (Fsp3) is 0.696. The van der Waals surface area contributed by atoms with E-state index in [0.717, 1.165) is 76.0 Å². The van der Waals surface area contributed by atoms with E-state index in [1.165, 1.54) is 0 Å². The van der Waals surface area contributed by atoms with Crippen molar-refractivity contribution in [2.24, 2.45) is 11.8 Å². The van der Waals surface area contributed by atoms with Crippen LogP contribution in [0.25, 0.3) is 0 Å². The minimum absolute atomic E-state index is 0.0859. The number of piperidine rings is 2. The molecule has 4 rings (SSSR count). The summed E-state index contributed by atoms with van der Waals surface area (Å²) in [6.45, 7) is 6.33. The number of likely N-dealkylation sites (tertiary alicyclic amines) is 2. The Bertz CT molecular complexity index is 740. The zero-order chi connectivity index (χ0) is 20.4. The lowest BCUT2D eigenvalue weighted by Gasteiger charge is -2.42. The molecule has 29 heavy (non-hydrogen) atoms. The largest absolute Gasteiger partial charge is 0.342 e. The molecule has 0 N–H and O–H groups in total. The number of hydrogen-bond donors (Lipinski definition) is 0. The quantitative estimate of drug-likeness (QED) is 0.765. The van der Waals surface area contributed by atoms with Crippen molar-refractivity contribution in [3.63, 3.8) is 0 Å². The van der Waals surface area contributed by atoms with Crippen LogP contribution in [0, 0.1) is 18.8 Å². The van der Waals surface area contributed by atoms with Crippen molar-refractivity contribution in [1.82, 2.24) is 19.7 Å².